The minimum atomic E-state index is -0.669. The number of rotatable bonds is 1. The predicted molar refractivity (Wildman–Crippen MR) is 29.9 cm³/mol. The van der Waals surface area contributed by atoms with Gasteiger partial charge in [-0.05, 0) is 0 Å². The third-order valence-electron chi connectivity index (χ3n) is 0.783. The summed E-state index contributed by atoms with van der Waals surface area (Å²) in [5.41, 5.74) is 0. The number of imidazole rings is 1. The van der Waals surface area contributed by atoms with Crippen molar-refractivity contribution in [2.45, 2.75) is 0 Å². The number of hydrogen-bond acceptors (Lipinski definition) is 3. The number of aromatic nitrogens is 2. The van der Waals surface area contributed by atoms with E-state index in [-0.39, 0.29) is 18.2 Å². The predicted octanol–water partition coefficient (Wildman–Crippen LogP) is 0.196. The molecule has 0 aliphatic carbocycles. The van der Waals surface area contributed by atoms with E-state index < -0.39 is 5.97 Å². The number of carbonyl (C=O) groups is 1. The number of methoxy groups -OCH3 is 1. The molecular formula is C5H6N2O2. The summed E-state index contributed by atoms with van der Waals surface area (Å²) in [6.07, 6.45) is -0.448. The van der Waals surface area contributed by atoms with E-state index in [0.717, 1.165) is 0 Å². The van der Waals surface area contributed by atoms with Crippen LogP contribution in [0.4, 0.5) is 0 Å². The number of carbonyl (C=O) groups excluding carboxylic acids is 1. The van der Waals surface area contributed by atoms with Crippen LogP contribution in [0.5, 0.6) is 0 Å². The van der Waals surface area contributed by atoms with E-state index in [2.05, 4.69) is 14.7 Å². The van der Waals surface area contributed by atoms with E-state index in [1.54, 1.807) is 0 Å². The van der Waals surface area contributed by atoms with Gasteiger partial charge in [-0.2, -0.15) is 0 Å². The van der Waals surface area contributed by atoms with Crippen molar-refractivity contribution in [3.8, 4) is 0 Å². The van der Waals surface area contributed by atoms with E-state index >= 15 is 0 Å². The molecule has 1 N–H and O–H groups in total. The molecule has 0 spiro atoms. The second-order valence-corrected chi connectivity index (χ2v) is 1.31. The van der Waals surface area contributed by atoms with Crippen LogP contribution in [0.3, 0.4) is 0 Å². The zero-order valence-electron chi connectivity index (χ0n) is 6.76. The number of ether oxygens (including phenoxy) is 1. The van der Waals surface area contributed by atoms with Crippen LogP contribution >= 0.6 is 0 Å². The molecule has 0 aromatic carbocycles. The zero-order chi connectivity index (χ0) is 8.43. The van der Waals surface area contributed by atoms with E-state index in [1.807, 2.05) is 0 Å². The van der Waals surface area contributed by atoms with Gasteiger partial charge in [-0.15, -0.1) is 0 Å². The fourth-order valence-corrected chi connectivity index (χ4v) is 0.392. The van der Waals surface area contributed by atoms with Crippen LogP contribution in [-0.2, 0) is 4.74 Å². The smallest absolute Gasteiger partial charge is 0.374 e. The van der Waals surface area contributed by atoms with Crippen molar-refractivity contribution in [2.75, 3.05) is 7.11 Å². The first-order valence-corrected chi connectivity index (χ1v) is 2.26. The molecule has 1 aromatic rings. The van der Waals surface area contributed by atoms with Crippen LogP contribution in [-0.4, -0.2) is 23.0 Å². The Morgan fingerprint density at radius 3 is 3.33 bits per heavy atom. The average Bonchev–Trinajstić information content (AvgIpc) is 2.31. The Kier molecular flexibility index (Phi) is 0.935. The summed E-state index contributed by atoms with van der Waals surface area (Å²) in [6.45, 7) is 0. The second-order valence-electron chi connectivity index (χ2n) is 1.31. The lowest BCUT2D eigenvalue weighted by atomic mass is 10.6. The summed E-state index contributed by atoms with van der Waals surface area (Å²) in [5, 5.41) is 0. The Morgan fingerprint density at radius 1 is 2.11 bits per heavy atom. The highest BCUT2D eigenvalue weighted by molar-refractivity contribution is 5.84. The molecule has 0 amide bonds. The third kappa shape index (κ3) is 1.07. The highest BCUT2D eigenvalue weighted by Crippen LogP contribution is 1.89. The Bertz CT molecular complexity index is 265. The summed E-state index contributed by atoms with van der Waals surface area (Å²) in [7, 11) is 1.21. The second kappa shape index (κ2) is 2.30. The van der Waals surface area contributed by atoms with Crippen molar-refractivity contribution in [2.24, 2.45) is 0 Å². The zero-order valence-corrected chi connectivity index (χ0v) is 4.76. The van der Waals surface area contributed by atoms with Crippen molar-refractivity contribution >= 4 is 5.97 Å². The summed E-state index contributed by atoms with van der Waals surface area (Å²) in [6, 6.07) is 0. The molecule has 4 nitrogen and oxygen atoms in total. The molecule has 48 valence electrons. The van der Waals surface area contributed by atoms with Crippen LogP contribution in [0.2, 0.25) is 0 Å². The monoisotopic (exact) mass is 128 g/mol. The Labute approximate surface area is 54.7 Å². The van der Waals surface area contributed by atoms with Gasteiger partial charge in [0.2, 0.25) is 5.82 Å². The van der Waals surface area contributed by atoms with Crippen molar-refractivity contribution in [3.05, 3.63) is 18.2 Å². The van der Waals surface area contributed by atoms with E-state index in [0.29, 0.717) is 0 Å². The average molecular weight is 128 g/mol. The topological polar surface area (TPSA) is 55.0 Å². The maximum Gasteiger partial charge on any atom is 0.374 e. The molecule has 0 atom stereocenters. The molecular weight excluding hydrogens is 120 g/mol. The molecule has 1 aromatic heterocycles. The van der Waals surface area contributed by atoms with Crippen LogP contribution in [0.1, 0.15) is 13.4 Å². The van der Waals surface area contributed by atoms with Crippen molar-refractivity contribution in [3.63, 3.8) is 0 Å². The van der Waals surface area contributed by atoms with Gasteiger partial charge in [0.15, 0.2) is 0 Å². The molecule has 0 aliphatic heterocycles. The van der Waals surface area contributed by atoms with Gasteiger partial charge in [-0.3, -0.25) is 0 Å². The van der Waals surface area contributed by atoms with Crippen molar-refractivity contribution in [1.29, 1.82) is 0 Å². The number of nitrogens with one attached hydrogen (secondary N) is 1. The molecule has 0 saturated carbocycles. The van der Waals surface area contributed by atoms with E-state index in [4.69, 9.17) is 2.74 Å². The third-order valence-corrected chi connectivity index (χ3v) is 0.783. The quantitative estimate of drug-likeness (QED) is 0.549. The lowest BCUT2D eigenvalue weighted by Crippen LogP contribution is -2.02. The maximum atomic E-state index is 10.7. The van der Waals surface area contributed by atoms with Crippen LogP contribution < -0.4 is 0 Å². The number of nitrogens with zero attached hydrogens (tertiary/aromatic N) is 1. The van der Waals surface area contributed by atoms with Crippen LogP contribution in [0.25, 0.3) is 0 Å². The molecule has 0 unspecified atom stereocenters. The summed E-state index contributed by atoms with van der Waals surface area (Å²) < 4.78 is 18.3. The lowest BCUT2D eigenvalue weighted by molar-refractivity contribution is 0.0588. The van der Waals surface area contributed by atoms with Gasteiger partial charge in [0.05, 0.1) is 9.85 Å². The fraction of sp³-hybridized carbons (Fsp3) is 0.200. The van der Waals surface area contributed by atoms with Gasteiger partial charge in [0.1, 0.15) is 0 Å². The molecule has 0 bridgehead atoms. The molecule has 9 heavy (non-hydrogen) atoms. The first-order valence-electron chi connectivity index (χ1n) is 3.26. The van der Waals surface area contributed by atoms with Gasteiger partial charge in [0, 0.05) is 12.3 Å². The van der Waals surface area contributed by atoms with E-state index in [1.165, 1.54) is 7.11 Å². The van der Waals surface area contributed by atoms with E-state index in [9.17, 15) is 4.79 Å². The Morgan fingerprint density at radius 2 is 2.89 bits per heavy atom. The van der Waals surface area contributed by atoms with Crippen LogP contribution in [0, 0.1) is 0 Å². The van der Waals surface area contributed by atoms with Gasteiger partial charge < -0.3 is 9.72 Å². The molecule has 1 rings (SSSR count). The first kappa shape index (κ1) is 3.66. The van der Waals surface area contributed by atoms with Gasteiger partial charge in [-0.25, -0.2) is 9.78 Å². The molecule has 0 radical (unpaired) electrons. The minimum Gasteiger partial charge on any atom is -0.463 e. The normalized spacial score (nSPS) is 12.1. The van der Waals surface area contributed by atoms with Gasteiger partial charge in [0.25, 0.3) is 0 Å². The Balaban J connectivity index is 2.97. The molecule has 1 heterocycles. The highest BCUT2D eigenvalue weighted by atomic mass is 16.5. The van der Waals surface area contributed by atoms with Gasteiger partial charge in [-0.1, -0.05) is 0 Å². The molecule has 0 saturated heterocycles. The lowest BCUT2D eigenvalue weighted by Gasteiger charge is -1.89. The highest BCUT2D eigenvalue weighted by Gasteiger charge is 2.04. The molecule has 0 fully saturated rings. The minimum absolute atomic E-state index is 0.109. The van der Waals surface area contributed by atoms with Crippen LogP contribution in [0.15, 0.2) is 12.3 Å². The number of H-pyrrole nitrogens is 1. The number of aromatic amines is 1. The molecule has 4 heteroatoms. The SMILES string of the molecule is [2H]c1nc(C(=O)OC)[nH]c1[2H]. The number of esters is 1. The standard InChI is InChI=1S/C5H6N2O2/c1-9-5(8)4-6-2-3-7-4/h2-3H,1H3,(H,6,7)/i2D,3D. The fourth-order valence-electron chi connectivity index (χ4n) is 0.392. The number of hydrogen-bond donors (Lipinski definition) is 1. The van der Waals surface area contributed by atoms with Gasteiger partial charge >= 0.3 is 5.97 Å². The first-order chi connectivity index (χ1) is 5.15. The summed E-state index contributed by atoms with van der Waals surface area (Å²) in [5.74, 6) is -0.778. The molecule has 0 aliphatic rings. The van der Waals surface area contributed by atoms with Crippen molar-refractivity contribution in [1.82, 2.24) is 9.97 Å². The largest absolute Gasteiger partial charge is 0.463 e. The summed E-state index contributed by atoms with van der Waals surface area (Å²) in [4.78, 5) is 16.4. The Hall–Kier alpha value is -1.32. The summed E-state index contributed by atoms with van der Waals surface area (Å²) >= 11 is 0. The van der Waals surface area contributed by atoms with Crippen molar-refractivity contribution < 1.29 is 12.3 Å². The maximum absolute atomic E-state index is 10.7.